The van der Waals surface area contributed by atoms with Crippen molar-refractivity contribution in [1.29, 1.82) is 0 Å². The highest BCUT2D eigenvalue weighted by Gasteiger charge is 2.27. The molecule has 2 heterocycles. The molecule has 160 valence electrons. The summed E-state index contributed by atoms with van der Waals surface area (Å²) in [5, 5.41) is 4.71. The van der Waals surface area contributed by atoms with Crippen molar-refractivity contribution in [3.63, 3.8) is 0 Å². The largest absolute Gasteiger partial charge is 0.485 e. The third kappa shape index (κ3) is 4.72. The van der Waals surface area contributed by atoms with Crippen LogP contribution in [0.1, 0.15) is 27.0 Å². The monoisotopic (exact) mass is 435 g/mol. The minimum atomic E-state index is -0.179. The summed E-state index contributed by atoms with van der Waals surface area (Å²) in [4.78, 5) is 29.9. The molecule has 1 atom stereocenters. The van der Waals surface area contributed by atoms with Crippen molar-refractivity contribution in [3.8, 4) is 5.75 Å². The fourth-order valence-electron chi connectivity index (χ4n) is 3.71. The van der Waals surface area contributed by atoms with Crippen LogP contribution in [0.4, 0.5) is 11.4 Å². The van der Waals surface area contributed by atoms with Gasteiger partial charge in [-0.3, -0.25) is 9.59 Å². The minimum Gasteiger partial charge on any atom is -0.485 e. The number of carbonyl (C=O) groups is 2. The number of benzene rings is 2. The second kappa shape index (κ2) is 9.22. The van der Waals surface area contributed by atoms with E-state index in [-0.39, 0.29) is 17.9 Å². The molecule has 0 aliphatic carbocycles. The van der Waals surface area contributed by atoms with Crippen LogP contribution in [0.25, 0.3) is 0 Å². The predicted molar refractivity (Wildman–Crippen MR) is 124 cm³/mol. The number of ether oxygens (including phenoxy) is 1. The van der Waals surface area contributed by atoms with Gasteiger partial charge in [-0.25, -0.2) is 0 Å². The van der Waals surface area contributed by atoms with E-state index in [1.165, 1.54) is 11.3 Å². The molecule has 0 spiro atoms. The lowest BCUT2D eigenvalue weighted by atomic mass is 10.1. The van der Waals surface area contributed by atoms with Gasteiger partial charge in [0.25, 0.3) is 11.8 Å². The van der Waals surface area contributed by atoms with Crippen LogP contribution in [-0.2, 0) is 0 Å². The molecule has 0 bridgehead atoms. The van der Waals surface area contributed by atoms with Gasteiger partial charge in [-0.05, 0) is 48.7 Å². The number of hydrogen-bond donors (Lipinski definition) is 1. The summed E-state index contributed by atoms with van der Waals surface area (Å²) in [6.07, 6.45) is -0.120. The fourth-order valence-corrected chi connectivity index (χ4v) is 4.33. The zero-order valence-electron chi connectivity index (χ0n) is 17.6. The Hall–Kier alpha value is -3.32. The molecule has 1 N–H and O–H groups in total. The number of anilines is 2. The Labute approximate surface area is 186 Å². The zero-order chi connectivity index (χ0) is 21.8. The van der Waals surface area contributed by atoms with Gasteiger partial charge >= 0.3 is 0 Å². The number of carbonyl (C=O) groups excluding carboxylic acids is 2. The molecule has 7 heteroatoms. The molecule has 4 rings (SSSR count). The Morgan fingerprint density at radius 2 is 2.00 bits per heavy atom. The van der Waals surface area contributed by atoms with E-state index < -0.39 is 0 Å². The Morgan fingerprint density at radius 3 is 2.77 bits per heavy atom. The Bertz CT molecular complexity index is 1070. The van der Waals surface area contributed by atoms with Crippen LogP contribution in [0.3, 0.4) is 0 Å². The topological polar surface area (TPSA) is 61.9 Å². The van der Waals surface area contributed by atoms with E-state index >= 15 is 0 Å². The van der Waals surface area contributed by atoms with Crippen molar-refractivity contribution in [2.45, 2.75) is 13.0 Å². The maximum Gasteiger partial charge on any atom is 0.265 e. The number of nitrogens with one attached hydrogen (secondary N) is 1. The van der Waals surface area contributed by atoms with E-state index in [4.69, 9.17) is 4.74 Å². The van der Waals surface area contributed by atoms with Gasteiger partial charge in [-0.15, -0.1) is 11.3 Å². The maximum absolute atomic E-state index is 13.0. The number of hydrogen-bond acceptors (Lipinski definition) is 5. The predicted octanol–water partition coefficient (Wildman–Crippen LogP) is 4.36. The fraction of sp³-hybridized carbons (Fsp3) is 0.250. The maximum atomic E-state index is 13.0. The van der Waals surface area contributed by atoms with Gasteiger partial charge in [0.2, 0.25) is 0 Å². The first-order valence-electron chi connectivity index (χ1n) is 10.3. The van der Waals surface area contributed by atoms with Gasteiger partial charge in [-0.1, -0.05) is 24.3 Å². The van der Waals surface area contributed by atoms with Crippen molar-refractivity contribution < 1.29 is 14.3 Å². The third-order valence-corrected chi connectivity index (χ3v) is 6.11. The summed E-state index contributed by atoms with van der Waals surface area (Å²) in [5.74, 6) is 0.555. The first kappa shape index (κ1) is 20.9. The summed E-state index contributed by atoms with van der Waals surface area (Å²) in [5.41, 5.74) is 2.21. The molecule has 3 aromatic rings. The second-order valence-corrected chi connectivity index (χ2v) is 8.39. The molecule has 0 unspecified atom stereocenters. The van der Waals surface area contributed by atoms with Gasteiger partial charge < -0.3 is 19.9 Å². The highest BCUT2D eigenvalue weighted by Crippen LogP contribution is 2.33. The van der Waals surface area contributed by atoms with Crippen LogP contribution in [0, 0.1) is 0 Å². The number of likely N-dealkylation sites (N-methyl/N-ethyl adjacent to an activating group) is 2. The number of para-hydroxylation sites is 2. The van der Waals surface area contributed by atoms with Gasteiger partial charge in [0.1, 0.15) is 11.9 Å². The number of rotatable bonds is 6. The number of amides is 2. The van der Waals surface area contributed by atoms with E-state index in [9.17, 15) is 9.59 Å². The number of nitrogens with zero attached hydrogens (tertiary/aromatic N) is 2. The van der Waals surface area contributed by atoms with E-state index in [0.717, 1.165) is 24.5 Å². The summed E-state index contributed by atoms with van der Waals surface area (Å²) in [6, 6.07) is 18.6. The first-order valence-corrected chi connectivity index (χ1v) is 11.1. The van der Waals surface area contributed by atoms with E-state index in [2.05, 4.69) is 23.2 Å². The van der Waals surface area contributed by atoms with Gasteiger partial charge in [0, 0.05) is 24.8 Å². The van der Waals surface area contributed by atoms with Crippen LogP contribution in [0.2, 0.25) is 0 Å². The molecular formula is C24H25N3O3S. The molecule has 0 saturated heterocycles. The Balaban J connectivity index is 1.42. The van der Waals surface area contributed by atoms with Crippen LogP contribution < -0.4 is 15.0 Å². The molecule has 0 saturated carbocycles. The van der Waals surface area contributed by atoms with Crippen LogP contribution in [0.15, 0.2) is 66.0 Å². The van der Waals surface area contributed by atoms with Crippen LogP contribution in [0.5, 0.6) is 5.75 Å². The molecule has 1 aliphatic rings. The van der Waals surface area contributed by atoms with Gasteiger partial charge in [0.15, 0.2) is 0 Å². The third-order valence-electron chi connectivity index (χ3n) is 5.24. The van der Waals surface area contributed by atoms with Crippen molar-refractivity contribution in [3.05, 3.63) is 76.5 Å². The lowest BCUT2D eigenvalue weighted by Crippen LogP contribution is -2.46. The summed E-state index contributed by atoms with van der Waals surface area (Å²) < 4.78 is 6.15. The average molecular weight is 436 g/mol. The molecule has 0 fully saturated rings. The van der Waals surface area contributed by atoms with Crippen molar-refractivity contribution in [1.82, 2.24) is 4.90 Å². The smallest absolute Gasteiger partial charge is 0.265 e. The van der Waals surface area contributed by atoms with Gasteiger partial charge in [0.05, 0.1) is 23.7 Å². The summed E-state index contributed by atoms with van der Waals surface area (Å²) in [6.45, 7) is 4.18. The highest BCUT2D eigenvalue weighted by molar-refractivity contribution is 7.12. The lowest BCUT2D eigenvalue weighted by molar-refractivity contribution is 0.0709. The SMILES string of the molecule is CCN1C[C@@H](CN(C)C(=O)c2cccc(NC(=O)c3cccs3)c2)Oc2ccccc21. The molecule has 1 aromatic heterocycles. The molecule has 0 radical (unpaired) electrons. The molecule has 31 heavy (non-hydrogen) atoms. The normalized spacial score (nSPS) is 15.0. The van der Waals surface area contributed by atoms with Crippen LogP contribution in [-0.4, -0.2) is 49.5 Å². The molecule has 1 aliphatic heterocycles. The highest BCUT2D eigenvalue weighted by atomic mass is 32.1. The van der Waals surface area contributed by atoms with Crippen molar-refractivity contribution in [2.75, 3.05) is 36.9 Å². The molecule has 2 aromatic carbocycles. The second-order valence-electron chi connectivity index (χ2n) is 7.44. The minimum absolute atomic E-state index is 0.113. The van der Waals surface area contributed by atoms with Crippen molar-refractivity contribution in [2.24, 2.45) is 0 Å². The Morgan fingerprint density at radius 1 is 1.16 bits per heavy atom. The van der Waals surface area contributed by atoms with E-state index in [1.807, 2.05) is 29.6 Å². The van der Waals surface area contributed by atoms with E-state index in [0.29, 0.717) is 22.7 Å². The number of thiophene rings is 1. The quantitative estimate of drug-likeness (QED) is 0.625. The zero-order valence-corrected chi connectivity index (χ0v) is 18.4. The number of fused-ring (bicyclic) bond motifs is 1. The van der Waals surface area contributed by atoms with Crippen molar-refractivity contribution >= 4 is 34.5 Å². The summed E-state index contributed by atoms with van der Waals surface area (Å²) in [7, 11) is 1.78. The van der Waals surface area contributed by atoms with Gasteiger partial charge in [-0.2, -0.15) is 0 Å². The molecule has 6 nitrogen and oxygen atoms in total. The Kier molecular flexibility index (Phi) is 6.23. The first-order chi connectivity index (χ1) is 15.0. The molecule has 2 amide bonds. The standard InChI is InChI=1S/C24H25N3O3S/c1-3-27-16-19(30-21-11-5-4-10-20(21)27)15-26(2)24(29)17-8-6-9-18(14-17)25-23(28)22-12-7-13-31-22/h4-14,19H,3,15-16H2,1-2H3,(H,25,28)/t19-/m1/s1. The molecular weight excluding hydrogens is 410 g/mol. The average Bonchev–Trinajstić information content (AvgIpc) is 3.33. The van der Waals surface area contributed by atoms with Crippen LogP contribution >= 0.6 is 11.3 Å². The summed E-state index contributed by atoms with van der Waals surface area (Å²) >= 11 is 1.38. The van der Waals surface area contributed by atoms with E-state index in [1.54, 1.807) is 42.3 Å². The lowest BCUT2D eigenvalue weighted by Gasteiger charge is -2.37.